The van der Waals surface area contributed by atoms with Gasteiger partial charge < -0.3 is 33.8 Å². The standard InChI is InChI=1S/C76H148O17P2/c1-8-10-11-12-13-14-15-16-17-18-19-22-26-31-36-45-52-59-75(80)92-71(63-86-73(78)57-50-43-35-30-25-23-20-21-24-28-33-40-47-54-67(3)4)65-90-94(82,83)88-61-70(77)62-89-95(84,85)91-66-72(64-87-74(79)58-51-44-39-38-42-49-56-69(7)9-2)93-76(81)60-53-46-37-32-27-29-34-41-48-55-68(5)6/h67-72,77H,8-66H2,1-7H3,(H,82,83)(H,84,85)/t69?,70-,71-,72-/m1/s1. The molecule has 3 unspecified atom stereocenters. The van der Waals surface area contributed by atoms with Gasteiger partial charge in [-0.15, -0.1) is 0 Å². The summed E-state index contributed by atoms with van der Waals surface area (Å²) < 4.78 is 68.5. The van der Waals surface area contributed by atoms with Crippen molar-refractivity contribution in [1.29, 1.82) is 0 Å². The van der Waals surface area contributed by atoms with E-state index in [0.717, 1.165) is 114 Å². The van der Waals surface area contributed by atoms with Gasteiger partial charge in [0.15, 0.2) is 12.2 Å². The molecule has 0 radical (unpaired) electrons. The first kappa shape index (κ1) is 93.1. The van der Waals surface area contributed by atoms with Gasteiger partial charge in [0, 0.05) is 25.7 Å². The summed E-state index contributed by atoms with van der Waals surface area (Å²) in [7, 11) is -9.91. The van der Waals surface area contributed by atoms with Crippen molar-refractivity contribution in [3.05, 3.63) is 0 Å². The topological polar surface area (TPSA) is 237 Å². The molecule has 95 heavy (non-hydrogen) atoms. The second-order valence-electron chi connectivity index (χ2n) is 28.6. The van der Waals surface area contributed by atoms with Gasteiger partial charge in [-0.3, -0.25) is 37.3 Å². The summed E-state index contributed by atoms with van der Waals surface area (Å²) in [5, 5.41) is 10.6. The van der Waals surface area contributed by atoms with E-state index in [1.54, 1.807) is 0 Å². The smallest absolute Gasteiger partial charge is 0.462 e. The van der Waals surface area contributed by atoms with Crippen molar-refractivity contribution in [2.75, 3.05) is 39.6 Å². The Morgan fingerprint density at radius 1 is 0.305 bits per heavy atom. The number of carbonyl (C=O) groups excluding carboxylic acids is 4. The molecule has 0 aliphatic carbocycles. The molecule has 17 nitrogen and oxygen atoms in total. The predicted octanol–water partition coefficient (Wildman–Crippen LogP) is 22.2. The molecule has 564 valence electrons. The van der Waals surface area contributed by atoms with Gasteiger partial charge in [-0.1, -0.05) is 337 Å². The average molecular weight is 1400 g/mol. The molecule has 0 aromatic carbocycles. The van der Waals surface area contributed by atoms with Crippen LogP contribution in [0.5, 0.6) is 0 Å². The molecule has 0 bridgehead atoms. The van der Waals surface area contributed by atoms with E-state index in [1.165, 1.54) is 193 Å². The number of phosphoric ester groups is 2. The first-order valence-electron chi connectivity index (χ1n) is 39.4. The third kappa shape index (κ3) is 69.0. The highest BCUT2D eigenvalue weighted by Crippen LogP contribution is 2.45. The molecule has 19 heteroatoms. The number of aliphatic hydroxyl groups excluding tert-OH is 1. The summed E-state index contributed by atoms with van der Waals surface area (Å²) in [6.45, 7) is 11.9. The van der Waals surface area contributed by atoms with Gasteiger partial charge in [-0.25, -0.2) is 9.13 Å². The Morgan fingerprint density at radius 2 is 0.537 bits per heavy atom. The SMILES string of the molecule is CCCCCCCCCCCCCCCCCCCC(=O)O[C@H](COC(=O)CCCCCCCCCCCCCCCC(C)C)COP(=O)(O)OC[C@@H](O)COP(=O)(O)OC[C@@H](COC(=O)CCCCCCCCC(C)CC)OC(=O)CCCCCCCCCCCC(C)C. The van der Waals surface area contributed by atoms with Crippen LogP contribution in [0.2, 0.25) is 0 Å². The Kier molecular flexibility index (Phi) is 65.2. The van der Waals surface area contributed by atoms with E-state index in [1.807, 2.05) is 0 Å². The van der Waals surface area contributed by atoms with Gasteiger partial charge >= 0.3 is 39.5 Å². The predicted molar refractivity (Wildman–Crippen MR) is 386 cm³/mol. The molecule has 0 heterocycles. The molecule has 3 N–H and O–H groups in total. The van der Waals surface area contributed by atoms with Gasteiger partial charge in [0.2, 0.25) is 0 Å². The normalized spacial score (nSPS) is 14.4. The van der Waals surface area contributed by atoms with Crippen LogP contribution in [-0.2, 0) is 65.4 Å². The van der Waals surface area contributed by atoms with Crippen molar-refractivity contribution in [3.8, 4) is 0 Å². The lowest BCUT2D eigenvalue weighted by Gasteiger charge is -2.21. The van der Waals surface area contributed by atoms with Crippen molar-refractivity contribution < 1.29 is 80.2 Å². The molecule has 0 aromatic rings. The highest BCUT2D eigenvalue weighted by Gasteiger charge is 2.30. The quantitative estimate of drug-likeness (QED) is 0.0222. The van der Waals surface area contributed by atoms with E-state index in [2.05, 4.69) is 48.5 Å². The molecule has 0 aliphatic heterocycles. The number of aliphatic hydroxyl groups is 1. The number of hydrogen-bond donors (Lipinski definition) is 3. The molecule has 0 rings (SSSR count). The maximum absolute atomic E-state index is 13.1. The minimum absolute atomic E-state index is 0.104. The zero-order valence-electron chi connectivity index (χ0n) is 62.1. The second-order valence-corrected chi connectivity index (χ2v) is 31.5. The molecule has 0 spiro atoms. The van der Waals surface area contributed by atoms with Crippen LogP contribution >= 0.6 is 15.6 Å². The molecule has 6 atom stereocenters. The van der Waals surface area contributed by atoms with Gasteiger partial charge in [-0.05, 0) is 43.4 Å². The lowest BCUT2D eigenvalue weighted by molar-refractivity contribution is -0.161. The largest absolute Gasteiger partial charge is 0.472 e. The molecule has 0 saturated carbocycles. The van der Waals surface area contributed by atoms with Gasteiger partial charge in [0.1, 0.15) is 19.3 Å². The number of esters is 4. The maximum atomic E-state index is 13.1. The summed E-state index contributed by atoms with van der Waals surface area (Å²) >= 11 is 0. The highest BCUT2D eigenvalue weighted by molar-refractivity contribution is 7.47. The number of rotatable bonds is 74. The zero-order chi connectivity index (χ0) is 70.1. The third-order valence-electron chi connectivity index (χ3n) is 18.0. The Hall–Kier alpha value is -1.94. The first-order valence-corrected chi connectivity index (χ1v) is 42.4. The van der Waals surface area contributed by atoms with E-state index in [-0.39, 0.29) is 25.7 Å². The first-order chi connectivity index (χ1) is 45.8. The molecule has 0 saturated heterocycles. The Morgan fingerprint density at radius 3 is 0.800 bits per heavy atom. The van der Waals surface area contributed by atoms with Crippen molar-refractivity contribution in [3.63, 3.8) is 0 Å². The fourth-order valence-corrected chi connectivity index (χ4v) is 13.1. The minimum atomic E-state index is -4.96. The van der Waals surface area contributed by atoms with Crippen molar-refractivity contribution >= 4 is 39.5 Å². The number of carbonyl (C=O) groups is 4. The molecular formula is C76H148O17P2. The Balaban J connectivity index is 5.25. The molecule has 0 amide bonds. The maximum Gasteiger partial charge on any atom is 0.472 e. The van der Waals surface area contributed by atoms with Crippen LogP contribution in [0.25, 0.3) is 0 Å². The highest BCUT2D eigenvalue weighted by atomic mass is 31.2. The molecule has 0 fully saturated rings. The number of hydrogen-bond acceptors (Lipinski definition) is 15. The van der Waals surface area contributed by atoms with Gasteiger partial charge in [-0.2, -0.15) is 0 Å². The van der Waals surface area contributed by atoms with E-state index in [0.29, 0.717) is 25.7 Å². The number of phosphoric acid groups is 2. The van der Waals surface area contributed by atoms with E-state index in [4.69, 9.17) is 37.0 Å². The van der Waals surface area contributed by atoms with Crippen LogP contribution in [0.15, 0.2) is 0 Å². The van der Waals surface area contributed by atoms with Crippen LogP contribution in [0, 0.1) is 17.8 Å². The Labute approximate surface area is 581 Å². The van der Waals surface area contributed by atoms with E-state index < -0.39 is 97.5 Å². The lowest BCUT2D eigenvalue weighted by Crippen LogP contribution is -2.30. The average Bonchev–Trinajstić information content (AvgIpc) is 1.82. The monoisotopic (exact) mass is 1400 g/mol. The zero-order valence-corrected chi connectivity index (χ0v) is 63.9. The van der Waals surface area contributed by atoms with Gasteiger partial charge in [0.25, 0.3) is 0 Å². The number of unbranched alkanes of at least 4 members (excludes halogenated alkanes) is 41. The lowest BCUT2D eigenvalue weighted by atomic mass is 10.00. The molecule has 0 aromatic heterocycles. The van der Waals surface area contributed by atoms with Crippen LogP contribution in [-0.4, -0.2) is 96.7 Å². The Bertz CT molecular complexity index is 1850. The number of ether oxygens (including phenoxy) is 4. The van der Waals surface area contributed by atoms with Gasteiger partial charge in [0.05, 0.1) is 26.4 Å². The van der Waals surface area contributed by atoms with Crippen LogP contribution in [0.1, 0.15) is 389 Å². The fourth-order valence-electron chi connectivity index (χ4n) is 11.6. The second kappa shape index (κ2) is 66.6. The van der Waals surface area contributed by atoms with E-state index in [9.17, 15) is 43.2 Å². The van der Waals surface area contributed by atoms with Crippen LogP contribution < -0.4 is 0 Å². The summed E-state index contributed by atoms with van der Waals surface area (Å²) in [6.07, 6.45) is 52.8. The summed E-state index contributed by atoms with van der Waals surface area (Å²) in [6, 6.07) is 0. The summed E-state index contributed by atoms with van der Waals surface area (Å²) in [5.41, 5.74) is 0. The van der Waals surface area contributed by atoms with E-state index >= 15 is 0 Å². The van der Waals surface area contributed by atoms with Crippen LogP contribution in [0.3, 0.4) is 0 Å². The molecular weight excluding hydrogens is 1250 g/mol. The molecule has 0 aliphatic rings. The fraction of sp³-hybridized carbons (Fsp3) is 0.947. The third-order valence-corrected chi connectivity index (χ3v) is 19.9. The summed E-state index contributed by atoms with van der Waals surface area (Å²) in [5.74, 6) is 0.140. The van der Waals surface area contributed by atoms with Crippen molar-refractivity contribution in [2.45, 2.75) is 407 Å². The summed E-state index contributed by atoms with van der Waals surface area (Å²) in [4.78, 5) is 72.8. The van der Waals surface area contributed by atoms with Crippen LogP contribution in [0.4, 0.5) is 0 Å². The van der Waals surface area contributed by atoms with Crippen molar-refractivity contribution in [1.82, 2.24) is 0 Å². The minimum Gasteiger partial charge on any atom is -0.462 e. The van der Waals surface area contributed by atoms with Crippen molar-refractivity contribution in [2.24, 2.45) is 17.8 Å².